The molecule has 1 amide bonds. The normalized spacial score (nSPS) is 10.9. The molecule has 0 aliphatic heterocycles. The van der Waals surface area contributed by atoms with E-state index in [2.05, 4.69) is 40.1 Å². The van der Waals surface area contributed by atoms with E-state index in [0.29, 0.717) is 11.4 Å². The van der Waals surface area contributed by atoms with Crippen LogP contribution in [0.4, 0.5) is 5.82 Å². The molecule has 3 aromatic rings. The van der Waals surface area contributed by atoms with E-state index in [1.807, 2.05) is 46.0 Å². The number of aromatic nitrogens is 3. The molecule has 24 heavy (non-hydrogen) atoms. The van der Waals surface area contributed by atoms with Crippen molar-refractivity contribution < 1.29 is 4.79 Å². The molecule has 0 saturated heterocycles. The molecule has 1 N–H and O–H groups in total. The Bertz CT molecular complexity index is 918. The van der Waals surface area contributed by atoms with E-state index in [9.17, 15) is 4.79 Å². The smallest absolute Gasteiger partial charge is 0.258 e. The second kappa shape index (κ2) is 6.00. The highest BCUT2D eigenvalue weighted by Gasteiger charge is 2.18. The number of carbonyl (C=O) groups excluding carboxylic acids is 1. The summed E-state index contributed by atoms with van der Waals surface area (Å²) in [5.74, 6) is 0.572. The molecule has 0 radical (unpaired) electrons. The molecule has 0 fully saturated rings. The van der Waals surface area contributed by atoms with E-state index in [0.717, 1.165) is 22.8 Å². The molecule has 5 nitrogen and oxygen atoms in total. The summed E-state index contributed by atoms with van der Waals surface area (Å²) in [5.41, 5.74) is 5.77. The van der Waals surface area contributed by atoms with Gasteiger partial charge in [-0.2, -0.15) is 5.10 Å². The monoisotopic (exact) mass is 322 g/mol. The second-order valence-electron chi connectivity index (χ2n) is 6.21. The fourth-order valence-electron chi connectivity index (χ4n) is 3.07. The van der Waals surface area contributed by atoms with Crippen molar-refractivity contribution in [2.24, 2.45) is 7.05 Å². The summed E-state index contributed by atoms with van der Waals surface area (Å²) in [6, 6.07) is 12.1. The Morgan fingerprint density at radius 2 is 1.83 bits per heavy atom. The predicted molar refractivity (Wildman–Crippen MR) is 95.9 cm³/mol. The Kier molecular flexibility index (Phi) is 4.01. The van der Waals surface area contributed by atoms with Crippen LogP contribution in [-0.2, 0) is 7.05 Å². The zero-order valence-corrected chi connectivity index (χ0v) is 14.7. The fourth-order valence-corrected chi connectivity index (χ4v) is 3.07. The minimum atomic E-state index is -0.120. The fraction of sp³-hybridized carbons (Fsp3) is 0.263. The molecular formula is C19H22N4O. The quantitative estimate of drug-likeness (QED) is 0.799. The molecule has 0 unspecified atom stereocenters. The maximum absolute atomic E-state index is 12.7. The first-order valence-corrected chi connectivity index (χ1v) is 7.95. The average molecular weight is 322 g/mol. The topological polar surface area (TPSA) is 51.9 Å². The number of rotatable bonds is 3. The molecule has 2 aromatic heterocycles. The number of nitrogens with zero attached hydrogens (tertiary/aromatic N) is 3. The largest absolute Gasteiger partial charge is 0.318 e. The average Bonchev–Trinajstić information content (AvgIpc) is 2.98. The Labute approximate surface area is 141 Å². The van der Waals surface area contributed by atoms with Crippen LogP contribution in [0.15, 0.2) is 36.4 Å². The third-order valence-corrected chi connectivity index (χ3v) is 4.18. The first-order valence-electron chi connectivity index (χ1n) is 7.95. The van der Waals surface area contributed by atoms with Crippen LogP contribution < -0.4 is 5.32 Å². The van der Waals surface area contributed by atoms with Gasteiger partial charge in [-0.1, -0.05) is 12.1 Å². The van der Waals surface area contributed by atoms with Gasteiger partial charge in [0.2, 0.25) is 0 Å². The van der Waals surface area contributed by atoms with E-state index in [-0.39, 0.29) is 5.91 Å². The maximum Gasteiger partial charge on any atom is 0.258 e. The van der Waals surface area contributed by atoms with Gasteiger partial charge in [-0.15, -0.1) is 0 Å². The highest BCUT2D eigenvalue weighted by Crippen LogP contribution is 2.22. The molecular weight excluding hydrogens is 300 g/mol. The van der Waals surface area contributed by atoms with Crippen LogP contribution in [0.3, 0.4) is 0 Å². The predicted octanol–water partition coefficient (Wildman–Crippen LogP) is 3.70. The van der Waals surface area contributed by atoms with Crippen molar-refractivity contribution in [3.63, 3.8) is 0 Å². The zero-order chi connectivity index (χ0) is 17.4. The highest BCUT2D eigenvalue weighted by atomic mass is 16.1. The number of anilines is 1. The first kappa shape index (κ1) is 16.1. The van der Waals surface area contributed by atoms with Gasteiger partial charge in [0, 0.05) is 30.2 Å². The van der Waals surface area contributed by atoms with Gasteiger partial charge >= 0.3 is 0 Å². The third-order valence-electron chi connectivity index (χ3n) is 4.18. The van der Waals surface area contributed by atoms with Gasteiger partial charge in [-0.25, -0.2) is 0 Å². The van der Waals surface area contributed by atoms with Gasteiger partial charge in [-0.3, -0.25) is 9.48 Å². The zero-order valence-electron chi connectivity index (χ0n) is 14.7. The third kappa shape index (κ3) is 2.85. The number of carbonyl (C=O) groups is 1. The minimum Gasteiger partial charge on any atom is -0.318 e. The summed E-state index contributed by atoms with van der Waals surface area (Å²) in [6.07, 6.45) is 0. The van der Waals surface area contributed by atoms with Crippen molar-refractivity contribution in [2.75, 3.05) is 5.32 Å². The summed E-state index contributed by atoms with van der Waals surface area (Å²) < 4.78 is 3.78. The molecule has 3 rings (SSSR count). The maximum atomic E-state index is 12.7. The van der Waals surface area contributed by atoms with Gasteiger partial charge in [0.15, 0.2) is 0 Å². The Morgan fingerprint density at radius 3 is 2.46 bits per heavy atom. The number of hydrogen-bond donors (Lipinski definition) is 1. The van der Waals surface area contributed by atoms with Crippen molar-refractivity contribution in [2.45, 2.75) is 27.7 Å². The van der Waals surface area contributed by atoms with Crippen molar-refractivity contribution in [1.82, 2.24) is 14.3 Å². The van der Waals surface area contributed by atoms with Gasteiger partial charge in [0.1, 0.15) is 5.82 Å². The lowest BCUT2D eigenvalue weighted by atomic mass is 10.2. The molecule has 124 valence electrons. The number of nitrogens with one attached hydrogen (secondary N) is 1. The van der Waals surface area contributed by atoms with E-state index in [1.54, 1.807) is 4.68 Å². The minimum absolute atomic E-state index is 0.120. The lowest BCUT2D eigenvalue weighted by Gasteiger charge is -2.11. The Balaban J connectivity index is 1.96. The van der Waals surface area contributed by atoms with Crippen molar-refractivity contribution >= 4 is 11.7 Å². The van der Waals surface area contributed by atoms with Crippen LogP contribution in [-0.4, -0.2) is 20.3 Å². The summed E-state index contributed by atoms with van der Waals surface area (Å²) in [4.78, 5) is 12.7. The standard InChI is InChI=1S/C19H22N4O/c1-12-7-6-8-16(9-12)23-14(3)11-17(15(23)4)19(24)20-18-10-13(2)21-22(18)5/h6-11H,1-5H3,(H,20,24). The van der Waals surface area contributed by atoms with Gasteiger partial charge in [0.25, 0.3) is 5.91 Å². The van der Waals surface area contributed by atoms with E-state index >= 15 is 0 Å². The van der Waals surface area contributed by atoms with Gasteiger partial charge in [-0.05, 0) is 51.5 Å². The first-order chi connectivity index (χ1) is 11.4. The van der Waals surface area contributed by atoms with Crippen LogP contribution >= 0.6 is 0 Å². The molecule has 0 spiro atoms. The molecule has 0 aliphatic carbocycles. The molecule has 1 aromatic carbocycles. The Morgan fingerprint density at radius 1 is 1.08 bits per heavy atom. The Hall–Kier alpha value is -2.82. The van der Waals surface area contributed by atoms with E-state index in [1.165, 1.54) is 5.56 Å². The summed E-state index contributed by atoms with van der Waals surface area (Å²) >= 11 is 0. The molecule has 0 aliphatic rings. The van der Waals surface area contributed by atoms with Crippen molar-refractivity contribution in [3.8, 4) is 5.69 Å². The van der Waals surface area contributed by atoms with Crippen LogP contribution in [0.2, 0.25) is 0 Å². The van der Waals surface area contributed by atoms with Crippen LogP contribution in [0.1, 0.15) is 33.0 Å². The highest BCUT2D eigenvalue weighted by molar-refractivity contribution is 6.05. The van der Waals surface area contributed by atoms with Gasteiger partial charge < -0.3 is 9.88 Å². The molecule has 0 saturated carbocycles. The molecule has 2 heterocycles. The van der Waals surface area contributed by atoms with E-state index < -0.39 is 0 Å². The number of benzene rings is 1. The van der Waals surface area contributed by atoms with Crippen LogP contribution in [0.5, 0.6) is 0 Å². The van der Waals surface area contributed by atoms with Crippen LogP contribution in [0.25, 0.3) is 5.69 Å². The summed E-state index contributed by atoms with van der Waals surface area (Å²) in [5, 5.41) is 7.20. The number of amides is 1. The van der Waals surface area contributed by atoms with Crippen molar-refractivity contribution in [1.29, 1.82) is 0 Å². The second-order valence-corrected chi connectivity index (χ2v) is 6.21. The number of aryl methyl sites for hydroxylation is 4. The number of hydrogen-bond acceptors (Lipinski definition) is 2. The lowest BCUT2D eigenvalue weighted by molar-refractivity contribution is 0.102. The van der Waals surface area contributed by atoms with Gasteiger partial charge in [0.05, 0.1) is 11.3 Å². The lowest BCUT2D eigenvalue weighted by Crippen LogP contribution is -2.15. The summed E-state index contributed by atoms with van der Waals surface area (Å²) in [6.45, 7) is 7.95. The molecule has 5 heteroatoms. The van der Waals surface area contributed by atoms with Crippen LogP contribution in [0, 0.1) is 27.7 Å². The SMILES string of the molecule is Cc1cccc(-n2c(C)cc(C(=O)Nc3cc(C)nn3C)c2C)c1. The summed E-state index contributed by atoms with van der Waals surface area (Å²) in [7, 11) is 1.82. The molecule has 0 bridgehead atoms. The van der Waals surface area contributed by atoms with Crippen molar-refractivity contribution in [3.05, 3.63) is 64.6 Å². The van der Waals surface area contributed by atoms with E-state index in [4.69, 9.17) is 0 Å². The molecule has 0 atom stereocenters.